The molecule has 7 nitrogen and oxygen atoms in total. The minimum Gasteiger partial charge on any atom is -0.423 e. The average Bonchev–Trinajstić information content (AvgIpc) is 3.25. The van der Waals surface area contributed by atoms with Crippen LogP contribution in [0.4, 0.5) is 17.4 Å². The molecule has 2 aliphatic heterocycles. The molecule has 31 heavy (non-hydrogen) atoms. The maximum Gasteiger partial charge on any atom is 0.298 e. The molecule has 0 unspecified atom stereocenters. The minimum atomic E-state index is 0.0120. The fraction of sp³-hybridized carbons (Fsp3) is 0.417. The SMILES string of the molecule is CN1CCN(c2ccc(NC(=O)C3CCN(c4nc5ccccc5o4)CC3)cc2)CC1. The van der Waals surface area contributed by atoms with Crippen LogP contribution < -0.4 is 15.1 Å². The quantitative estimate of drug-likeness (QED) is 0.699. The van der Waals surface area contributed by atoms with E-state index < -0.39 is 0 Å². The van der Waals surface area contributed by atoms with E-state index >= 15 is 0 Å². The van der Waals surface area contributed by atoms with Crippen molar-refractivity contribution in [2.45, 2.75) is 12.8 Å². The summed E-state index contributed by atoms with van der Waals surface area (Å²) in [4.78, 5) is 24.2. The highest BCUT2D eigenvalue weighted by atomic mass is 16.4. The van der Waals surface area contributed by atoms with Gasteiger partial charge < -0.3 is 24.4 Å². The van der Waals surface area contributed by atoms with Crippen molar-refractivity contribution in [2.24, 2.45) is 5.92 Å². The summed E-state index contributed by atoms with van der Waals surface area (Å²) in [6.45, 7) is 5.80. The van der Waals surface area contributed by atoms with Crippen LogP contribution in [0.15, 0.2) is 52.9 Å². The first-order valence-corrected chi connectivity index (χ1v) is 11.1. The number of nitrogens with one attached hydrogen (secondary N) is 1. The summed E-state index contributed by atoms with van der Waals surface area (Å²) in [7, 11) is 2.16. The van der Waals surface area contributed by atoms with E-state index in [1.165, 1.54) is 5.69 Å². The first kappa shape index (κ1) is 19.9. The zero-order chi connectivity index (χ0) is 21.2. The summed E-state index contributed by atoms with van der Waals surface area (Å²) in [5.74, 6) is 0.113. The van der Waals surface area contributed by atoms with Gasteiger partial charge in [-0.1, -0.05) is 12.1 Å². The zero-order valence-electron chi connectivity index (χ0n) is 18.0. The summed E-state index contributed by atoms with van der Waals surface area (Å²) in [6.07, 6.45) is 1.59. The predicted octanol–water partition coefficient (Wildman–Crippen LogP) is 3.43. The molecule has 3 heterocycles. The van der Waals surface area contributed by atoms with Crippen LogP contribution >= 0.6 is 0 Å². The molecular weight excluding hydrogens is 390 g/mol. The molecule has 1 N–H and O–H groups in total. The van der Waals surface area contributed by atoms with Crippen LogP contribution in [0.1, 0.15) is 12.8 Å². The lowest BCUT2D eigenvalue weighted by atomic mass is 9.96. The Morgan fingerprint density at radius 1 is 0.935 bits per heavy atom. The van der Waals surface area contributed by atoms with E-state index in [4.69, 9.17) is 4.42 Å². The van der Waals surface area contributed by atoms with Crippen molar-refractivity contribution < 1.29 is 9.21 Å². The third-order valence-electron chi connectivity index (χ3n) is 6.42. The van der Waals surface area contributed by atoms with E-state index in [1.807, 2.05) is 36.4 Å². The Hall–Kier alpha value is -3.06. The standard InChI is InChI=1S/C24H29N5O2/c1-27-14-16-28(17-15-27)20-8-6-19(7-9-20)25-23(30)18-10-12-29(13-11-18)24-26-21-4-2-3-5-22(21)31-24/h2-9,18H,10-17H2,1H3,(H,25,30). The summed E-state index contributed by atoms with van der Waals surface area (Å²) < 4.78 is 5.87. The number of piperidine rings is 1. The molecule has 0 spiro atoms. The first-order valence-electron chi connectivity index (χ1n) is 11.1. The number of carbonyl (C=O) groups excluding carboxylic acids is 1. The number of nitrogens with zero attached hydrogens (tertiary/aromatic N) is 4. The van der Waals surface area contributed by atoms with Gasteiger partial charge in [0.25, 0.3) is 6.01 Å². The Bertz CT molecular complexity index is 999. The molecule has 0 saturated carbocycles. The molecule has 2 fully saturated rings. The number of aromatic nitrogens is 1. The number of oxazole rings is 1. The summed E-state index contributed by atoms with van der Waals surface area (Å²) in [6, 6.07) is 16.7. The second kappa shape index (κ2) is 8.59. The molecule has 5 rings (SSSR count). The molecular formula is C24H29N5O2. The molecule has 162 valence electrons. The second-order valence-corrected chi connectivity index (χ2v) is 8.55. The lowest BCUT2D eigenvalue weighted by Gasteiger charge is -2.34. The monoisotopic (exact) mass is 419 g/mol. The van der Waals surface area contributed by atoms with E-state index in [1.54, 1.807) is 0 Å². The number of benzene rings is 2. The van der Waals surface area contributed by atoms with Gasteiger partial charge in [0.2, 0.25) is 5.91 Å². The van der Waals surface area contributed by atoms with Gasteiger partial charge in [0, 0.05) is 56.6 Å². The zero-order valence-corrected chi connectivity index (χ0v) is 18.0. The van der Waals surface area contributed by atoms with E-state index in [-0.39, 0.29) is 11.8 Å². The van der Waals surface area contributed by atoms with E-state index in [9.17, 15) is 4.79 Å². The third-order valence-corrected chi connectivity index (χ3v) is 6.42. The van der Waals surface area contributed by atoms with Crippen molar-refractivity contribution in [3.8, 4) is 0 Å². The molecule has 0 radical (unpaired) electrons. The predicted molar refractivity (Wildman–Crippen MR) is 124 cm³/mol. The van der Waals surface area contributed by atoms with Crippen molar-refractivity contribution in [3.63, 3.8) is 0 Å². The number of para-hydroxylation sites is 2. The minimum absolute atomic E-state index is 0.0120. The van der Waals surface area contributed by atoms with Gasteiger partial charge in [0.05, 0.1) is 0 Å². The number of anilines is 3. The molecule has 7 heteroatoms. The topological polar surface area (TPSA) is 64.8 Å². The van der Waals surface area contributed by atoms with Crippen molar-refractivity contribution in [1.29, 1.82) is 0 Å². The fourth-order valence-electron chi connectivity index (χ4n) is 4.39. The van der Waals surface area contributed by atoms with Crippen LogP contribution in [-0.4, -0.2) is 62.1 Å². The largest absolute Gasteiger partial charge is 0.423 e. The van der Waals surface area contributed by atoms with Crippen molar-refractivity contribution in [3.05, 3.63) is 48.5 Å². The van der Waals surface area contributed by atoms with Crippen LogP contribution in [0.25, 0.3) is 11.1 Å². The number of carbonyl (C=O) groups is 1. The van der Waals surface area contributed by atoms with Gasteiger partial charge in [-0.25, -0.2) is 0 Å². The van der Waals surface area contributed by atoms with Crippen molar-refractivity contribution >= 4 is 34.4 Å². The van der Waals surface area contributed by atoms with Gasteiger partial charge in [-0.15, -0.1) is 0 Å². The van der Waals surface area contributed by atoms with Gasteiger partial charge >= 0.3 is 0 Å². The van der Waals surface area contributed by atoms with E-state index in [0.717, 1.165) is 68.9 Å². The summed E-state index contributed by atoms with van der Waals surface area (Å²) >= 11 is 0. The number of hydrogen-bond donors (Lipinski definition) is 1. The van der Waals surface area contributed by atoms with Crippen molar-refractivity contribution in [1.82, 2.24) is 9.88 Å². The molecule has 2 saturated heterocycles. The third kappa shape index (κ3) is 4.37. The molecule has 3 aromatic rings. The number of hydrogen-bond acceptors (Lipinski definition) is 6. The van der Waals surface area contributed by atoms with Crippen LogP contribution in [0, 0.1) is 5.92 Å². The van der Waals surface area contributed by atoms with Gasteiger partial charge in [-0.3, -0.25) is 4.79 Å². The van der Waals surface area contributed by atoms with Gasteiger partial charge in [0.1, 0.15) is 5.52 Å². The van der Waals surface area contributed by atoms with Gasteiger partial charge in [0.15, 0.2) is 5.58 Å². The lowest BCUT2D eigenvalue weighted by molar-refractivity contribution is -0.120. The summed E-state index contributed by atoms with van der Waals surface area (Å²) in [5, 5.41) is 3.10. The van der Waals surface area contributed by atoms with Crippen LogP contribution in [-0.2, 0) is 4.79 Å². The molecule has 0 atom stereocenters. The normalized spacial score (nSPS) is 18.5. The number of likely N-dealkylation sites (N-methyl/N-ethyl adjacent to an activating group) is 1. The molecule has 1 aromatic heterocycles. The lowest BCUT2D eigenvalue weighted by Crippen LogP contribution is -2.44. The van der Waals surface area contributed by atoms with E-state index in [2.05, 4.69) is 44.2 Å². The second-order valence-electron chi connectivity index (χ2n) is 8.55. The van der Waals surface area contributed by atoms with Gasteiger partial charge in [-0.05, 0) is 56.3 Å². The molecule has 2 aromatic carbocycles. The Morgan fingerprint density at radius 2 is 1.65 bits per heavy atom. The molecule has 2 aliphatic rings. The number of piperazine rings is 1. The average molecular weight is 420 g/mol. The van der Waals surface area contributed by atoms with Gasteiger partial charge in [-0.2, -0.15) is 4.98 Å². The Labute approximate surface area is 182 Å². The maximum atomic E-state index is 12.8. The smallest absolute Gasteiger partial charge is 0.298 e. The Morgan fingerprint density at radius 3 is 2.35 bits per heavy atom. The van der Waals surface area contributed by atoms with Crippen LogP contribution in [0.2, 0.25) is 0 Å². The number of rotatable bonds is 4. The molecule has 1 amide bonds. The first-order chi connectivity index (χ1) is 15.2. The maximum absolute atomic E-state index is 12.8. The van der Waals surface area contributed by atoms with Crippen LogP contribution in [0.3, 0.4) is 0 Å². The Balaban J connectivity index is 1.14. The molecule has 0 aliphatic carbocycles. The fourth-order valence-corrected chi connectivity index (χ4v) is 4.39. The highest BCUT2D eigenvalue weighted by Gasteiger charge is 2.27. The number of fused-ring (bicyclic) bond motifs is 1. The Kier molecular flexibility index (Phi) is 5.51. The van der Waals surface area contributed by atoms with Crippen molar-refractivity contribution in [2.75, 3.05) is 61.4 Å². The summed E-state index contributed by atoms with van der Waals surface area (Å²) in [5.41, 5.74) is 3.76. The highest BCUT2D eigenvalue weighted by Crippen LogP contribution is 2.27. The van der Waals surface area contributed by atoms with E-state index in [0.29, 0.717) is 6.01 Å². The van der Waals surface area contributed by atoms with Crippen LogP contribution in [0.5, 0.6) is 0 Å². The molecule has 0 bridgehead atoms. The number of amides is 1. The highest BCUT2D eigenvalue weighted by molar-refractivity contribution is 5.92.